The smallest absolute Gasteiger partial charge is 0 e. The van der Waals surface area contributed by atoms with Crippen LogP contribution in [-0.2, 0) is 25.8 Å². The zero-order valence-electron chi connectivity index (χ0n) is 5.26. The summed E-state index contributed by atoms with van der Waals surface area (Å²) < 4.78 is 0. The molecule has 0 aliphatic rings. The van der Waals surface area contributed by atoms with Crippen molar-refractivity contribution in [1.82, 2.24) is 0 Å². The van der Waals surface area contributed by atoms with Gasteiger partial charge >= 0.3 is 0 Å². The Morgan fingerprint density at radius 3 is 0.273 bits per heavy atom. The third-order valence-corrected chi connectivity index (χ3v) is 0. The van der Waals surface area contributed by atoms with E-state index in [1.54, 1.807) is 0 Å². The number of rotatable bonds is 0. The first kappa shape index (κ1) is 1180. The molecule has 0 heterocycles. The van der Waals surface area contributed by atoms with E-state index in [0.29, 0.717) is 0 Å². The molecule has 84 valence electrons. The zero-order valence-corrected chi connectivity index (χ0v) is 10.4. The molecule has 0 radical (unpaired) electrons. The summed E-state index contributed by atoms with van der Waals surface area (Å²) >= 11 is 0. The first-order chi connectivity index (χ1) is 0. The Balaban J connectivity index is 0. The molecule has 0 spiro atoms. The maximum Gasteiger partial charge on any atom is 0 e. The van der Waals surface area contributed by atoms with Gasteiger partial charge in [0.2, 0.25) is 0 Å². The summed E-state index contributed by atoms with van der Waals surface area (Å²) in [6.45, 7) is 0. The summed E-state index contributed by atoms with van der Waals surface area (Å²) in [5.41, 5.74) is 0. The normalized spacial score (nSPS) is 0. The second kappa shape index (κ2) is 894. The van der Waals surface area contributed by atoms with E-state index >= 15 is 0 Å². The second-order valence-corrected chi connectivity index (χ2v) is 0. The Hall–Kier alpha value is 1.13. The quantitative estimate of drug-likeness (QED) is 0.347. The number of hydrogen-bond acceptors (Lipinski definition) is 0. The van der Waals surface area contributed by atoms with Gasteiger partial charge in [0.25, 0.3) is 0 Å². The van der Waals surface area contributed by atoms with Gasteiger partial charge in [0, 0.05) is 25.8 Å². The van der Waals surface area contributed by atoms with Crippen LogP contribution in [0.2, 0.25) is 0 Å². The third-order valence-electron chi connectivity index (χ3n) is 0. The molecule has 0 aromatic rings. The molecule has 0 aromatic heterocycles. The van der Waals surface area contributed by atoms with Crippen molar-refractivity contribution in [3.63, 3.8) is 0 Å². The molecule has 0 atom stereocenters. The van der Waals surface area contributed by atoms with Crippen LogP contribution in [-0.4, -0.2) is 43.8 Å². The monoisotopic (exact) mass is 394 g/mol. The van der Waals surface area contributed by atoms with Crippen LogP contribution in [0, 0.1) is 0 Å². The minimum Gasteiger partial charge on any atom is -1.00 e. The standard InChI is InChI=1S/2ClH.Hf.8H2O/h2*1H;;8*1H2/p-2. The SMILES string of the molecule is O.O.O.O.O.O.O.O.[Cl-].[Cl-].[Hf]. The number of halogens is 2. The first-order valence-corrected chi connectivity index (χ1v) is 0. The molecule has 0 fully saturated rings. The largest absolute Gasteiger partial charge is 1.00 e. The van der Waals surface area contributed by atoms with Crippen LogP contribution in [0.3, 0.4) is 0 Å². The van der Waals surface area contributed by atoms with Crippen LogP contribution >= 0.6 is 0 Å². The molecule has 8 nitrogen and oxygen atoms in total. The minimum atomic E-state index is 0. The van der Waals surface area contributed by atoms with Gasteiger partial charge in [-0.15, -0.1) is 0 Å². The van der Waals surface area contributed by atoms with Gasteiger partial charge in [0.05, 0.1) is 0 Å². The summed E-state index contributed by atoms with van der Waals surface area (Å²) in [4.78, 5) is 0. The van der Waals surface area contributed by atoms with Gasteiger partial charge in [-0.1, -0.05) is 0 Å². The van der Waals surface area contributed by atoms with E-state index < -0.39 is 0 Å². The van der Waals surface area contributed by atoms with Crippen LogP contribution in [0.4, 0.5) is 0 Å². The fraction of sp³-hybridized carbons (Fsp3) is 0. The van der Waals surface area contributed by atoms with Crippen molar-refractivity contribution in [1.29, 1.82) is 0 Å². The van der Waals surface area contributed by atoms with E-state index in [9.17, 15) is 0 Å². The molecule has 0 rings (SSSR count). The fourth-order valence-corrected chi connectivity index (χ4v) is 0. The van der Waals surface area contributed by atoms with Crippen molar-refractivity contribution < 1.29 is 94.5 Å². The maximum absolute atomic E-state index is 0. The molecule has 0 unspecified atom stereocenters. The van der Waals surface area contributed by atoms with Gasteiger partial charge in [-0.2, -0.15) is 0 Å². The predicted octanol–water partition coefficient (Wildman–Crippen LogP) is -12.6. The molecular formula is H16Cl2HfO8-2. The summed E-state index contributed by atoms with van der Waals surface area (Å²) in [6.07, 6.45) is 0. The molecule has 0 aliphatic carbocycles. The molecule has 0 aromatic carbocycles. The molecular weight excluding hydrogens is 377 g/mol. The van der Waals surface area contributed by atoms with Crippen LogP contribution < -0.4 is 24.8 Å². The van der Waals surface area contributed by atoms with Crippen LogP contribution in [0.25, 0.3) is 0 Å². The van der Waals surface area contributed by atoms with Crippen molar-refractivity contribution in [3.05, 3.63) is 0 Å². The Morgan fingerprint density at radius 2 is 0.273 bits per heavy atom. The van der Waals surface area contributed by atoms with Gasteiger partial charge in [0.15, 0.2) is 0 Å². The molecule has 16 N–H and O–H groups in total. The molecule has 0 saturated carbocycles. The Morgan fingerprint density at radius 1 is 0.273 bits per heavy atom. The zero-order chi connectivity index (χ0) is 0. The summed E-state index contributed by atoms with van der Waals surface area (Å²) in [7, 11) is 0. The molecule has 0 saturated heterocycles. The average Bonchev–Trinajstić information content (AvgIpc) is 0. The Kier molecular flexibility index (Phi) is 95700. The maximum atomic E-state index is 0. The Labute approximate surface area is 94.4 Å². The van der Waals surface area contributed by atoms with Crippen LogP contribution in [0.5, 0.6) is 0 Å². The fourth-order valence-electron chi connectivity index (χ4n) is 0. The van der Waals surface area contributed by atoms with Crippen LogP contribution in [0.1, 0.15) is 0 Å². The van der Waals surface area contributed by atoms with Crippen LogP contribution in [0.15, 0.2) is 0 Å². The Bertz CT molecular complexity index is 12.1. The van der Waals surface area contributed by atoms with Crippen molar-refractivity contribution in [2.45, 2.75) is 0 Å². The van der Waals surface area contributed by atoms with Crippen molar-refractivity contribution in [3.8, 4) is 0 Å². The van der Waals surface area contributed by atoms with E-state index in [-0.39, 0.29) is 94.5 Å². The molecule has 0 amide bonds. The van der Waals surface area contributed by atoms with E-state index in [2.05, 4.69) is 0 Å². The first-order valence-electron chi connectivity index (χ1n) is 0. The van der Waals surface area contributed by atoms with Gasteiger partial charge in [-0.05, 0) is 0 Å². The van der Waals surface area contributed by atoms with Gasteiger partial charge in [-0.3, -0.25) is 0 Å². The number of hydrogen-bond donors (Lipinski definition) is 0. The van der Waals surface area contributed by atoms with Gasteiger partial charge < -0.3 is 68.6 Å². The van der Waals surface area contributed by atoms with Crippen molar-refractivity contribution in [2.24, 2.45) is 0 Å². The van der Waals surface area contributed by atoms with E-state index in [1.165, 1.54) is 0 Å². The summed E-state index contributed by atoms with van der Waals surface area (Å²) in [6, 6.07) is 0. The average molecular weight is 394 g/mol. The van der Waals surface area contributed by atoms with Crippen molar-refractivity contribution >= 4 is 0 Å². The van der Waals surface area contributed by atoms with Gasteiger partial charge in [0.1, 0.15) is 0 Å². The molecule has 0 aliphatic heterocycles. The second-order valence-electron chi connectivity index (χ2n) is 0. The summed E-state index contributed by atoms with van der Waals surface area (Å²) in [5.74, 6) is 0. The van der Waals surface area contributed by atoms with E-state index in [0.717, 1.165) is 0 Å². The molecule has 11 heteroatoms. The third kappa shape index (κ3) is 726. The van der Waals surface area contributed by atoms with E-state index in [1.807, 2.05) is 0 Å². The molecule has 11 heavy (non-hydrogen) atoms. The van der Waals surface area contributed by atoms with E-state index in [4.69, 9.17) is 0 Å². The topological polar surface area (TPSA) is 252 Å². The van der Waals surface area contributed by atoms with Crippen molar-refractivity contribution in [2.75, 3.05) is 0 Å². The summed E-state index contributed by atoms with van der Waals surface area (Å²) in [5, 5.41) is 0. The molecule has 0 bridgehead atoms. The minimum absolute atomic E-state index is 0. The predicted molar refractivity (Wildman–Crippen MR) is 28.9 cm³/mol. The van der Waals surface area contributed by atoms with Gasteiger partial charge in [-0.25, -0.2) is 0 Å².